The Hall–Kier alpha value is -0.850. The minimum absolute atomic E-state index is 0.581. The molecule has 11 heavy (non-hydrogen) atoms. The van der Waals surface area contributed by atoms with Gasteiger partial charge in [0.15, 0.2) is 5.60 Å². The highest BCUT2D eigenvalue weighted by atomic mass is 32.1. The standard InChI is InChI=1S/C8H9NOS/c1-4-8(3,10)7-9-6(2)5-11-7/h1,5,10H,2-3H3. The van der Waals surface area contributed by atoms with Crippen molar-refractivity contribution in [1.29, 1.82) is 0 Å². The van der Waals surface area contributed by atoms with Gasteiger partial charge in [-0.1, -0.05) is 5.92 Å². The molecular weight excluding hydrogens is 158 g/mol. The van der Waals surface area contributed by atoms with Gasteiger partial charge in [-0.15, -0.1) is 17.8 Å². The van der Waals surface area contributed by atoms with Crippen molar-refractivity contribution in [1.82, 2.24) is 4.98 Å². The fourth-order valence-electron chi connectivity index (χ4n) is 0.639. The van der Waals surface area contributed by atoms with Crippen LogP contribution in [0.2, 0.25) is 0 Å². The van der Waals surface area contributed by atoms with Crippen molar-refractivity contribution >= 4 is 11.3 Å². The molecule has 0 aliphatic carbocycles. The van der Waals surface area contributed by atoms with E-state index in [4.69, 9.17) is 6.42 Å². The van der Waals surface area contributed by atoms with E-state index in [1.165, 1.54) is 11.3 Å². The normalized spacial score (nSPS) is 15.5. The Morgan fingerprint density at radius 2 is 2.45 bits per heavy atom. The number of thiazole rings is 1. The summed E-state index contributed by atoms with van der Waals surface area (Å²) in [6, 6.07) is 0. The fraction of sp³-hybridized carbons (Fsp3) is 0.375. The highest BCUT2D eigenvalue weighted by Gasteiger charge is 2.22. The van der Waals surface area contributed by atoms with Gasteiger partial charge >= 0.3 is 0 Å². The Balaban J connectivity index is 3.04. The van der Waals surface area contributed by atoms with E-state index >= 15 is 0 Å². The van der Waals surface area contributed by atoms with E-state index in [1.807, 2.05) is 12.3 Å². The zero-order valence-corrected chi connectivity index (χ0v) is 7.27. The molecule has 0 spiro atoms. The van der Waals surface area contributed by atoms with E-state index in [0.29, 0.717) is 5.01 Å². The first kappa shape index (κ1) is 8.25. The van der Waals surface area contributed by atoms with Crippen LogP contribution in [0.5, 0.6) is 0 Å². The van der Waals surface area contributed by atoms with Gasteiger partial charge in [0.1, 0.15) is 5.01 Å². The van der Waals surface area contributed by atoms with E-state index in [1.54, 1.807) is 6.92 Å². The van der Waals surface area contributed by atoms with E-state index in [2.05, 4.69) is 10.9 Å². The molecule has 0 amide bonds. The molecule has 1 atom stereocenters. The minimum Gasteiger partial charge on any atom is -0.371 e. The summed E-state index contributed by atoms with van der Waals surface area (Å²) in [6.07, 6.45) is 5.11. The Morgan fingerprint density at radius 1 is 1.82 bits per heavy atom. The summed E-state index contributed by atoms with van der Waals surface area (Å²) in [4.78, 5) is 4.08. The summed E-state index contributed by atoms with van der Waals surface area (Å²) in [7, 11) is 0. The van der Waals surface area contributed by atoms with Crippen molar-refractivity contribution in [2.45, 2.75) is 19.4 Å². The van der Waals surface area contributed by atoms with Crippen molar-refractivity contribution in [3.63, 3.8) is 0 Å². The summed E-state index contributed by atoms with van der Waals surface area (Å²) in [6.45, 7) is 3.43. The van der Waals surface area contributed by atoms with Crippen LogP contribution >= 0.6 is 11.3 Å². The van der Waals surface area contributed by atoms with Crippen LogP contribution in [0.4, 0.5) is 0 Å². The summed E-state index contributed by atoms with van der Waals surface area (Å²) in [5.74, 6) is 2.27. The van der Waals surface area contributed by atoms with Crippen LogP contribution in [-0.4, -0.2) is 10.1 Å². The first-order valence-electron chi connectivity index (χ1n) is 3.19. The van der Waals surface area contributed by atoms with Crippen molar-refractivity contribution in [2.24, 2.45) is 0 Å². The molecule has 3 heteroatoms. The second kappa shape index (κ2) is 2.65. The van der Waals surface area contributed by atoms with E-state index in [0.717, 1.165) is 5.69 Å². The zero-order chi connectivity index (χ0) is 8.48. The van der Waals surface area contributed by atoms with Gasteiger partial charge in [0.2, 0.25) is 0 Å². The summed E-state index contributed by atoms with van der Waals surface area (Å²) >= 11 is 1.38. The van der Waals surface area contributed by atoms with Crippen LogP contribution in [-0.2, 0) is 5.60 Å². The van der Waals surface area contributed by atoms with E-state index < -0.39 is 5.60 Å². The lowest BCUT2D eigenvalue weighted by atomic mass is 10.1. The second-order valence-electron chi connectivity index (χ2n) is 2.51. The Labute approximate surface area is 69.9 Å². The number of aliphatic hydroxyl groups is 1. The zero-order valence-electron chi connectivity index (χ0n) is 6.46. The molecule has 1 aromatic heterocycles. The molecule has 0 bridgehead atoms. The van der Waals surface area contributed by atoms with Gasteiger partial charge in [-0.2, -0.15) is 0 Å². The lowest BCUT2D eigenvalue weighted by Gasteiger charge is -2.11. The smallest absolute Gasteiger partial charge is 0.174 e. The van der Waals surface area contributed by atoms with Gasteiger partial charge in [0.05, 0.1) is 0 Å². The molecule has 0 saturated carbocycles. The predicted molar refractivity (Wildman–Crippen MR) is 45.3 cm³/mol. The molecule has 1 aromatic rings. The molecule has 0 aliphatic heterocycles. The number of aryl methyl sites for hydroxylation is 1. The molecule has 2 nitrogen and oxygen atoms in total. The number of hydrogen-bond donors (Lipinski definition) is 1. The van der Waals surface area contributed by atoms with E-state index in [9.17, 15) is 5.11 Å². The summed E-state index contributed by atoms with van der Waals surface area (Å²) in [5.41, 5.74) is -0.320. The van der Waals surface area contributed by atoms with Crippen LogP contribution in [0.25, 0.3) is 0 Å². The number of rotatable bonds is 1. The number of nitrogens with zero attached hydrogens (tertiary/aromatic N) is 1. The third-order valence-electron chi connectivity index (χ3n) is 1.32. The first-order valence-corrected chi connectivity index (χ1v) is 4.07. The first-order chi connectivity index (χ1) is 5.06. The molecule has 1 rings (SSSR count). The quantitative estimate of drug-likeness (QED) is 0.639. The second-order valence-corrected chi connectivity index (χ2v) is 3.37. The number of aromatic nitrogens is 1. The van der Waals surface area contributed by atoms with Gasteiger partial charge in [-0.3, -0.25) is 0 Å². The predicted octanol–water partition coefficient (Wildman–Crippen LogP) is 1.29. The molecule has 1 N–H and O–H groups in total. The maximum absolute atomic E-state index is 9.52. The Bertz CT molecular complexity index is 295. The molecule has 0 fully saturated rings. The van der Waals surface area contributed by atoms with Gasteiger partial charge in [-0.25, -0.2) is 4.98 Å². The molecule has 0 radical (unpaired) electrons. The molecule has 0 aromatic carbocycles. The van der Waals surface area contributed by atoms with Crippen LogP contribution < -0.4 is 0 Å². The molecule has 1 unspecified atom stereocenters. The van der Waals surface area contributed by atoms with Crippen LogP contribution in [0.15, 0.2) is 5.38 Å². The maximum Gasteiger partial charge on any atom is 0.174 e. The van der Waals surface area contributed by atoms with Gasteiger partial charge < -0.3 is 5.11 Å². The van der Waals surface area contributed by atoms with Gasteiger partial charge in [0.25, 0.3) is 0 Å². The third-order valence-corrected chi connectivity index (χ3v) is 2.49. The summed E-state index contributed by atoms with van der Waals surface area (Å²) in [5, 5.41) is 12.0. The van der Waals surface area contributed by atoms with Crippen LogP contribution in [0, 0.1) is 19.3 Å². The molecular formula is C8H9NOS. The fourth-order valence-corrected chi connectivity index (χ4v) is 1.46. The SMILES string of the molecule is C#CC(C)(O)c1nc(C)cs1. The van der Waals surface area contributed by atoms with Crippen molar-refractivity contribution < 1.29 is 5.11 Å². The average Bonchev–Trinajstić information content (AvgIpc) is 2.36. The van der Waals surface area contributed by atoms with Crippen molar-refractivity contribution in [2.75, 3.05) is 0 Å². The Morgan fingerprint density at radius 3 is 2.82 bits per heavy atom. The van der Waals surface area contributed by atoms with Crippen LogP contribution in [0.1, 0.15) is 17.6 Å². The Kier molecular flexibility index (Phi) is 1.99. The molecule has 0 aliphatic rings. The van der Waals surface area contributed by atoms with Crippen molar-refractivity contribution in [3.8, 4) is 12.3 Å². The maximum atomic E-state index is 9.52. The third kappa shape index (κ3) is 1.59. The number of hydrogen-bond acceptors (Lipinski definition) is 3. The van der Waals surface area contributed by atoms with Crippen molar-refractivity contribution in [3.05, 3.63) is 16.1 Å². The molecule has 1 heterocycles. The molecule has 58 valence electrons. The van der Waals surface area contributed by atoms with Gasteiger partial charge in [0, 0.05) is 11.1 Å². The average molecular weight is 167 g/mol. The largest absolute Gasteiger partial charge is 0.371 e. The molecule has 0 saturated heterocycles. The monoisotopic (exact) mass is 167 g/mol. The highest BCUT2D eigenvalue weighted by Crippen LogP contribution is 2.22. The number of terminal acetylenes is 1. The van der Waals surface area contributed by atoms with Crippen LogP contribution in [0.3, 0.4) is 0 Å². The lowest BCUT2D eigenvalue weighted by molar-refractivity contribution is 0.122. The minimum atomic E-state index is -1.21. The topological polar surface area (TPSA) is 33.1 Å². The highest BCUT2D eigenvalue weighted by molar-refractivity contribution is 7.09. The van der Waals surface area contributed by atoms with Gasteiger partial charge in [-0.05, 0) is 13.8 Å². The summed E-state index contributed by atoms with van der Waals surface area (Å²) < 4.78 is 0. The lowest BCUT2D eigenvalue weighted by Crippen LogP contribution is -2.17. The van der Waals surface area contributed by atoms with E-state index in [-0.39, 0.29) is 0 Å².